The van der Waals surface area contributed by atoms with Crippen molar-refractivity contribution in [3.05, 3.63) is 99.5 Å². The number of rotatable bonds is 4. The molecule has 0 spiro atoms. The van der Waals surface area contributed by atoms with Crippen molar-refractivity contribution in [2.45, 2.75) is 20.4 Å². The summed E-state index contributed by atoms with van der Waals surface area (Å²) in [6.45, 7) is 4.37. The minimum Gasteiger partial charge on any atom is -0.322 e. The number of hydrogen-bond donors (Lipinski definition) is 1. The van der Waals surface area contributed by atoms with Crippen LogP contribution in [0.1, 0.15) is 27.0 Å². The molecule has 1 aromatic heterocycles. The summed E-state index contributed by atoms with van der Waals surface area (Å²) in [6.07, 6.45) is 1.70. The lowest BCUT2D eigenvalue weighted by Crippen LogP contribution is -2.29. The second-order valence-corrected chi connectivity index (χ2v) is 6.04. The molecule has 4 nitrogen and oxygen atoms in total. The average molecular weight is 332 g/mol. The molecular formula is C21H20N2O2. The lowest BCUT2D eigenvalue weighted by Gasteiger charge is -2.11. The minimum atomic E-state index is -0.388. The van der Waals surface area contributed by atoms with Crippen LogP contribution >= 0.6 is 0 Å². The highest BCUT2D eigenvalue weighted by Crippen LogP contribution is 2.18. The topological polar surface area (TPSA) is 51.1 Å². The molecule has 1 amide bonds. The lowest BCUT2D eigenvalue weighted by atomic mass is 10.1. The van der Waals surface area contributed by atoms with Gasteiger partial charge in [0.2, 0.25) is 0 Å². The Bertz CT molecular complexity index is 959. The first kappa shape index (κ1) is 16.7. The normalized spacial score (nSPS) is 10.5. The van der Waals surface area contributed by atoms with Crippen molar-refractivity contribution in [3.8, 4) is 0 Å². The second-order valence-electron chi connectivity index (χ2n) is 6.04. The van der Waals surface area contributed by atoms with Gasteiger partial charge in [0.05, 0.1) is 6.54 Å². The fourth-order valence-electron chi connectivity index (χ4n) is 2.69. The molecule has 0 aliphatic rings. The van der Waals surface area contributed by atoms with Gasteiger partial charge in [-0.2, -0.15) is 0 Å². The summed E-state index contributed by atoms with van der Waals surface area (Å²) in [5, 5.41) is 2.85. The van der Waals surface area contributed by atoms with Crippen molar-refractivity contribution in [2.24, 2.45) is 0 Å². The molecule has 2 aromatic carbocycles. The van der Waals surface area contributed by atoms with E-state index in [0.29, 0.717) is 6.54 Å². The Morgan fingerprint density at radius 3 is 2.48 bits per heavy atom. The van der Waals surface area contributed by atoms with Gasteiger partial charge in [-0.1, -0.05) is 42.5 Å². The van der Waals surface area contributed by atoms with E-state index in [-0.39, 0.29) is 17.0 Å². The minimum absolute atomic E-state index is 0.138. The number of aromatic nitrogens is 1. The molecule has 0 unspecified atom stereocenters. The summed E-state index contributed by atoms with van der Waals surface area (Å²) in [5.74, 6) is -0.388. The molecule has 0 saturated heterocycles. The molecule has 126 valence electrons. The molecule has 1 N–H and O–H groups in total. The number of carbonyl (C=O) groups excluding carboxylic acids is 1. The van der Waals surface area contributed by atoms with Crippen LogP contribution in [0.2, 0.25) is 0 Å². The summed E-state index contributed by atoms with van der Waals surface area (Å²) in [4.78, 5) is 25.2. The third-order valence-electron chi connectivity index (χ3n) is 4.31. The van der Waals surface area contributed by atoms with Crippen LogP contribution in [0.15, 0.2) is 71.7 Å². The molecule has 0 saturated carbocycles. The maximum Gasteiger partial charge on any atom is 0.263 e. The van der Waals surface area contributed by atoms with E-state index >= 15 is 0 Å². The van der Waals surface area contributed by atoms with Gasteiger partial charge < -0.3 is 9.88 Å². The van der Waals surface area contributed by atoms with E-state index in [2.05, 4.69) is 5.32 Å². The summed E-state index contributed by atoms with van der Waals surface area (Å²) in [6, 6.07) is 18.7. The first-order valence-electron chi connectivity index (χ1n) is 8.17. The van der Waals surface area contributed by atoms with E-state index in [1.54, 1.807) is 22.9 Å². The molecule has 0 aliphatic carbocycles. The van der Waals surface area contributed by atoms with Crippen LogP contribution in [0.5, 0.6) is 0 Å². The molecule has 0 radical (unpaired) electrons. The van der Waals surface area contributed by atoms with Gasteiger partial charge in [0.15, 0.2) is 0 Å². The van der Waals surface area contributed by atoms with Crippen LogP contribution in [0.3, 0.4) is 0 Å². The monoisotopic (exact) mass is 332 g/mol. The summed E-state index contributed by atoms with van der Waals surface area (Å²) >= 11 is 0. The Morgan fingerprint density at radius 2 is 1.72 bits per heavy atom. The van der Waals surface area contributed by atoms with Crippen molar-refractivity contribution in [1.29, 1.82) is 0 Å². The van der Waals surface area contributed by atoms with E-state index in [1.807, 2.05) is 62.4 Å². The van der Waals surface area contributed by atoms with Crippen LogP contribution in [0.4, 0.5) is 5.69 Å². The first-order chi connectivity index (χ1) is 12.1. The van der Waals surface area contributed by atoms with Crippen molar-refractivity contribution in [2.75, 3.05) is 5.32 Å². The van der Waals surface area contributed by atoms with Crippen LogP contribution in [0.25, 0.3) is 0 Å². The number of pyridine rings is 1. The van der Waals surface area contributed by atoms with E-state index in [0.717, 1.165) is 22.4 Å². The predicted molar refractivity (Wildman–Crippen MR) is 100 cm³/mol. The van der Waals surface area contributed by atoms with Gasteiger partial charge in [-0.05, 0) is 48.7 Å². The molecule has 0 atom stereocenters. The zero-order valence-corrected chi connectivity index (χ0v) is 14.3. The molecular weight excluding hydrogens is 312 g/mol. The molecule has 1 heterocycles. The fourth-order valence-corrected chi connectivity index (χ4v) is 2.69. The average Bonchev–Trinajstić information content (AvgIpc) is 2.61. The molecule has 0 bridgehead atoms. The van der Waals surface area contributed by atoms with Gasteiger partial charge in [-0.25, -0.2) is 0 Å². The fraction of sp³-hybridized carbons (Fsp3) is 0.143. The maximum absolute atomic E-state index is 12.7. The number of benzene rings is 2. The molecule has 3 aromatic rings. The zero-order chi connectivity index (χ0) is 17.8. The SMILES string of the molecule is Cc1cccc(NC(=O)c2cccn(Cc3ccccc3)c2=O)c1C. The third kappa shape index (κ3) is 3.69. The molecule has 4 heteroatoms. The van der Waals surface area contributed by atoms with Gasteiger partial charge >= 0.3 is 0 Å². The van der Waals surface area contributed by atoms with Gasteiger partial charge in [0.25, 0.3) is 11.5 Å². The van der Waals surface area contributed by atoms with Crippen LogP contribution in [-0.2, 0) is 6.54 Å². The van der Waals surface area contributed by atoms with Gasteiger partial charge in [-0.3, -0.25) is 9.59 Å². The van der Waals surface area contributed by atoms with Crippen LogP contribution in [-0.4, -0.2) is 10.5 Å². The second kappa shape index (κ2) is 7.18. The van der Waals surface area contributed by atoms with Gasteiger partial charge in [0.1, 0.15) is 5.56 Å². The number of carbonyl (C=O) groups is 1. The van der Waals surface area contributed by atoms with Gasteiger partial charge in [-0.15, -0.1) is 0 Å². The standard InChI is InChI=1S/C21H20N2O2/c1-15-8-6-12-19(16(15)2)22-20(24)18-11-7-13-23(21(18)25)14-17-9-4-3-5-10-17/h3-13H,14H2,1-2H3,(H,22,24). The number of anilines is 1. The number of aryl methyl sites for hydroxylation is 1. The van der Waals surface area contributed by atoms with Gasteiger partial charge in [0, 0.05) is 11.9 Å². The molecule has 0 aliphatic heterocycles. The Labute approximate surface area is 146 Å². The van der Waals surface area contributed by atoms with E-state index in [4.69, 9.17) is 0 Å². The van der Waals surface area contributed by atoms with Crippen molar-refractivity contribution < 1.29 is 4.79 Å². The highest BCUT2D eigenvalue weighted by atomic mass is 16.2. The Kier molecular flexibility index (Phi) is 4.80. The van der Waals surface area contributed by atoms with E-state index in [9.17, 15) is 9.59 Å². The lowest BCUT2D eigenvalue weighted by molar-refractivity contribution is 0.102. The molecule has 25 heavy (non-hydrogen) atoms. The van der Waals surface area contributed by atoms with Crippen LogP contribution < -0.4 is 10.9 Å². The predicted octanol–water partition coefficient (Wildman–Crippen LogP) is 3.77. The first-order valence-corrected chi connectivity index (χ1v) is 8.17. The van der Waals surface area contributed by atoms with E-state index in [1.165, 1.54) is 0 Å². The Morgan fingerprint density at radius 1 is 0.960 bits per heavy atom. The maximum atomic E-state index is 12.7. The van der Waals surface area contributed by atoms with Crippen LogP contribution in [0, 0.1) is 13.8 Å². The molecule has 3 rings (SSSR count). The highest BCUT2D eigenvalue weighted by Gasteiger charge is 2.13. The number of nitrogens with one attached hydrogen (secondary N) is 1. The quantitative estimate of drug-likeness (QED) is 0.791. The zero-order valence-electron chi connectivity index (χ0n) is 14.3. The summed E-state index contributed by atoms with van der Waals surface area (Å²) < 4.78 is 1.55. The summed E-state index contributed by atoms with van der Waals surface area (Å²) in [5.41, 5.74) is 3.66. The Balaban J connectivity index is 1.87. The summed E-state index contributed by atoms with van der Waals surface area (Å²) in [7, 11) is 0. The third-order valence-corrected chi connectivity index (χ3v) is 4.31. The van der Waals surface area contributed by atoms with Crippen molar-refractivity contribution in [1.82, 2.24) is 4.57 Å². The Hall–Kier alpha value is -3.14. The number of hydrogen-bond acceptors (Lipinski definition) is 2. The van der Waals surface area contributed by atoms with Crippen molar-refractivity contribution >= 4 is 11.6 Å². The smallest absolute Gasteiger partial charge is 0.263 e. The number of amides is 1. The molecule has 0 fully saturated rings. The van der Waals surface area contributed by atoms with E-state index < -0.39 is 0 Å². The largest absolute Gasteiger partial charge is 0.322 e. The highest BCUT2D eigenvalue weighted by molar-refractivity contribution is 6.04. The number of nitrogens with zero attached hydrogens (tertiary/aromatic N) is 1. The van der Waals surface area contributed by atoms with Crippen molar-refractivity contribution in [3.63, 3.8) is 0 Å².